The zero-order chi connectivity index (χ0) is 27.8. The van der Waals surface area contributed by atoms with Crippen LogP contribution in [0.1, 0.15) is 22.2 Å². The summed E-state index contributed by atoms with van der Waals surface area (Å²) in [6.45, 7) is 8.21. The van der Waals surface area contributed by atoms with Crippen LogP contribution in [0.5, 0.6) is 0 Å². The van der Waals surface area contributed by atoms with Crippen molar-refractivity contribution in [1.82, 2.24) is 19.5 Å². The third kappa shape index (κ3) is 6.14. The summed E-state index contributed by atoms with van der Waals surface area (Å²) in [5.74, 6) is 0.446. The number of benzene rings is 2. The maximum absolute atomic E-state index is 12.4. The van der Waals surface area contributed by atoms with Crippen LogP contribution in [-0.2, 0) is 14.6 Å². The molecule has 0 radical (unpaired) electrons. The first kappa shape index (κ1) is 26.5. The fourth-order valence-electron chi connectivity index (χ4n) is 4.45. The standard InChI is InChI=1S/C28H32N6O4S.H2/c1-28(2,3)38-27(35)33-17-15-32(16-18-33)22-8-5-7-21(19-22)29-26-30-25-24(9-6-14-34(25)31-26)20-10-12-23(13-11-20)39(4,36)37;/h5-14,19H,15-18H2,1-4H3,(H,29,31);1H. The average molecular weight is 551 g/mol. The van der Waals surface area contributed by atoms with Crippen LogP contribution in [0.25, 0.3) is 16.8 Å². The number of pyridine rings is 1. The monoisotopic (exact) mass is 550 g/mol. The topological polar surface area (TPSA) is 109 Å². The minimum Gasteiger partial charge on any atom is -0.444 e. The molecule has 39 heavy (non-hydrogen) atoms. The van der Waals surface area contributed by atoms with Gasteiger partial charge in [-0.2, -0.15) is 4.98 Å². The van der Waals surface area contributed by atoms with Crippen LogP contribution in [0.3, 0.4) is 0 Å². The van der Waals surface area contributed by atoms with E-state index in [9.17, 15) is 13.2 Å². The van der Waals surface area contributed by atoms with Gasteiger partial charge in [-0.1, -0.05) is 18.2 Å². The molecule has 5 rings (SSSR count). The van der Waals surface area contributed by atoms with Gasteiger partial charge in [0.1, 0.15) is 5.60 Å². The summed E-state index contributed by atoms with van der Waals surface area (Å²) in [5.41, 5.74) is 3.72. The molecule has 1 aliphatic heterocycles. The number of amides is 1. The quantitative estimate of drug-likeness (QED) is 0.376. The van der Waals surface area contributed by atoms with E-state index in [2.05, 4.69) is 15.3 Å². The van der Waals surface area contributed by atoms with Gasteiger partial charge in [0.2, 0.25) is 5.95 Å². The lowest BCUT2D eigenvalue weighted by Gasteiger charge is -2.36. The number of piperazine rings is 1. The van der Waals surface area contributed by atoms with Crippen LogP contribution in [0.4, 0.5) is 22.1 Å². The van der Waals surface area contributed by atoms with Crippen LogP contribution >= 0.6 is 0 Å². The molecule has 10 nitrogen and oxygen atoms in total. The summed E-state index contributed by atoms with van der Waals surface area (Å²) in [4.78, 5) is 21.4. The van der Waals surface area contributed by atoms with Crippen LogP contribution in [0, 0.1) is 0 Å². The fourth-order valence-corrected chi connectivity index (χ4v) is 5.08. The van der Waals surface area contributed by atoms with Gasteiger partial charge in [0.05, 0.1) is 4.90 Å². The molecule has 1 N–H and O–H groups in total. The molecule has 0 spiro atoms. The van der Waals surface area contributed by atoms with Gasteiger partial charge in [0.25, 0.3) is 0 Å². The number of nitrogens with zero attached hydrogens (tertiary/aromatic N) is 5. The minimum absolute atomic E-state index is 0. The SMILES string of the molecule is CC(C)(C)OC(=O)N1CCN(c2cccc(Nc3nc4c(-c5ccc(S(C)(=O)=O)cc5)cccn4n3)c2)CC1.[HH]. The van der Waals surface area contributed by atoms with Crippen molar-refractivity contribution >= 4 is 38.9 Å². The Hall–Kier alpha value is -4.12. The molecule has 0 atom stereocenters. The van der Waals surface area contributed by atoms with Crippen molar-refractivity contribution in [2.75, 3.05) is 42.7 Å². The maximum atomic E-state index is 12.4. The number of nitrogens with one attached hydrogen (secondary N) is 1. The van der Waals surface area contributed by atoms with Gasteiger partial charge < -0.3 is 19.9 Å². The van der Waals surface area contributed by atoms with E-state index in [4.69, 9.17) is 9.72 Å². The number of hydrogen-bond donors (Lipinski definition) is 1. The lowest BCUT2D eigenvalue weighted by molar-refractivity contribution is 0.0240. The number of rotatable bonds is 5. The molecule has 1 amide bonds. The van der Waals surface area contributed by atoms with Crippen LogP contribution < -0.4 is 10.2 Å². The number of carbonyl (C=O) groups is 1. The Morgan fingerprint density at radius 2 is 1.72 bits per heavy atom. The summed E-state index contributed by atoms with van der Waals surface area (Å²) in [7, 11) is -3.27. The van der Waals surface area contributed by atoms with Gasteiger partial charge in [-0.15, -0.1) is 5.10 Å². The van der Waals surface area contributed by atoms with E-state index in [1.165, 1.54) is 6.26 Å². The lowest BCUT2D eigenvalue weighted by atomic mass is 10.1. The third-order valence-electron chi connectivity index (χ3n) is 6.35. The predicted octanol–water partition coefficient (Wildman–Crippen LogP) is 4.85. The van der Waals surface area contributed by atoms with Crippen molar-refractivity contribution in [3.05, 3.63) is 66.9 Å². The third-order valence-corrected chi connectivity index (χ3v) is 7.48. The van der Waals surface area contributed by atoms with Crippen LogP contribution in [0.2, 0.25) is 0 Å². The molecule has 1 aliphatic rings. The summed E-state index contributed by atoms with van der Waals surface area (Å²) in [6, 6.07) is 18.6. The van der Waals surface area contributed by atoms with E-state index in [-0.39, 0.29) is 12.4 Å². The van der Waals surface area contributed by atoms with E-state index in [1.54, 1.807) is 33.7 Å². The van der Waals surface area contributed by atoms with Crippen LogP contribution in [0.15, 0.2) is 71.8 Å². The largest absolute Gasteiger partial charge is 0.444 e. The Labute approximate surface area is 229 Å². The fraction of sp³-hybridized carbons (Fsp3) is 0.321. The van der Waals surface area contributed by atoms with Crippen molar-refractivity contribution in [2.45, 2.75) is 31.3 Å². The Morgan fingerprint density at radius 1 is 1.00 bits per heavy atom. The Kier molecular flexibility index (Phi) is 6.94. The van der Waals surface area contributed by atoms with Gasteiger partial charge >= 0.3 is 6.09 Å². The zero-order valence-electron chi connectivity index (χ0n) is 22.5. The predicted molar refractivity (Wildman–Crippen MR) is 153 cm³/mol. The molecule has 0 aliphatic carbocycles. The van der Waals surface area contributed by atoms with Crippen molar-refractivity contribution < 1.29 is 19.4 Å². The number of carbonyl (C=O) groups excluding carboxylic acids is 1. The minimum atomic E-state index is -3.27. The first-order valence-electron chi connectivity index (χ1n) is 12.7. The van der Waals surface area contributed by atoms with Gasteiger partial charge in [-0.05, 0) is 68.8 Å². The van der Waals surface area contributed by atoms with E-state index in [1.807, 2.05) is 63.4 Å². The molecule has 2 aromatic heterocycles. The lowest BCUT2D eigenvalue weighted by Crippen LogP contribution is -2.50. The number of hydrogen-bond acceptors (Lipinski definition) is 8. The average Bonchev–Trinajstić information content (AvgIpc) is 3.30. The molecular formula is C28H34N6O4S. The van der Waals surface area contributed by atoms with Crippen molar-refractivity contribution in [3.8, 4) is 11.1 Å². The molecule has 1 fully saturated rings. The van der Waals surface area contributed by atoms with Crippen molar-refractivity contribution in [1.29, 1.82) is 0 Å². The highest BCUT2D eigenvalue weighted by Gasteiger charge is 2.26. The van der Waals surface area contributed by atoms with E-state index >= 15 is 0 Å². The first-order chi connectivity index (χ1) is 18.5. The second-order valence-electron chi connectivity index (χ2n) is 10.6. The second kappa shape index (κ2) is 10.2. The molecule has 1 saturated heterocycles. The highest BCUT2D eigenvalue weighted by molar-refractivity contribution is 7.90. The molecular weight excluding hydrogens is 516 g/mol. The summed E-state index contributed by atoms with van der Waals surface area (Å²) in [5, 5.41) is 7.88. The van der Waals surface area contributed by atoms with Crippen LogP contribution in [-0.4, -0.2) is 72.0 Å². The number of anilines is 3. The smallest absolute Gasteiger partial charge is 0.410 e. The second-order valence-corrected chi connectivity index (χ2v) is 12.6. The zero-order valence-corrected chi connectivity index (χ0v) is 23.3. The van der Waals surface area contributed by atoms with Gasteiger partial charge in [0.15, 0.2) is 15.5 Å². The van der Waals surface area contributed by atoms with E-state index in [0.29, 0.717) is 37.8 Å². The highest BCUT2D eigenvalue weighted by Crippen LogP contribution is 2.27. The molecule has 206 valence electrons. The summed E-state index contributed by atoms with van der Waals surface area (Å²) in [6.07, 6.45) is 2.74. The molecule has 0 saturated carbocycles. The Bertz CT molecular complexity index is 1610. The molecule has 4 aromatic rings. The van der Waals surface area contributed by atoms with E-state index in [0.717, 1.165) is 22.5 Å². The van der Waals surface area contributed by atoms with Crippen molar-refractivity contribution in [2.24, 2.45) is 0 Å². The van der Waals surface area contributed by atoms with Gasteiger partial charge in [-0.3, -0.25) is 0 Å². The number of fused-ring (bicyclic) bond motifs is 1. The molecule has 0 bridgehead atoms. The van der Waals surface area contributed by atoms with Gasteiger partial charge in [-0.25, -0.2) is 17.7 Å². The number of aromatic nitrogens is 3. The van der Waals surface area contributed by atoms with Crippen molar-refractivity contribution in [3.63, 3.8) is 0 Å². The molecule has 0 unspecified atom stereocenters. The van der Waals surface area contributed by atoms with Gasteiger partial charge in [0, 0.05) is 57.0 Å². The number of sulfone groups is 1. The summed E-state index contributed by atoms with van der Waals surface area (Å²) < 4.78 is 30.8. The molecule has 3 heterocycles. The summed E-state index contributed by atoms with van der Waals surface area (Å²) >= 11 is 0. The molecule has 2 aromatic carbocycles. The number of ether oxygens (including phenoxy) is 1. The first-order valence-corrected chi connectivity index (χ1v) is 14.6. The Balaban J connectivity index is 0.00000370. The van der Waals surface area contributed by atoms with E-state index < -0.39 is 15.4 Å². The molecule has 11 heteroatoms. The Morgan fingerprint density at radius 3 is 2.38 bits per heavy atom. The maximum Gasteiger partial charge on any atom is 0.410 e. The highest BCUT2D eigenvalue weighted by atomic mass is 32.2. The normalized spacial score (nSPS) is 14.5.